The molecule has 0 saturated heterocycles. The lowest BCUT2D eigenvalue weighted by Crippen LogP contribution is -2.39. The van der Waals surface area contributed by atoms with Gasteiger partial charge in [-0.05, 0) is 43.0 Å². The summed E-state index contributed by atoms with van der Waals surface area (Å²) >= 11 is 1.66. The summed E-state index contributed by atoms with van der Waals surface area (Å²) in [5.41, 5.74) is 0.345. The van der Waals surface area contributed by atoms with Crippen molar-refractivity contribution in [2.75, 3.05) is 25.5 Å². The van der Waals surface area contributed by atoms with E-state index in [9.17, 15) is 13.2 Å². The first kappa shape index (κ1) is 22.9. The Morgan fingerprint density at radius 2 is 1.87 bits per heavy atom. The molecule has 1 heterocycles. The minimum Gasteiger partial charge on any atom is -0.324 e. The molecule has 0 radical (unpaired) electrons. The van der Waals surface area contributed by atoms with Gasteiger partial charge in [0.25, 0.3) is 0 Å². The number of rotatable bonds is 9. The lowest BCUT2D eigenvalue weighted by molar-refractivity contribution is -0.117. The number of nitrogens with zero attached hydrogens (tertiary/aromatic N) is 2. The number of sulfonamides is 1. The molecule has 1 saturated carbocycles. The molecule has 1 aromatic heterocycles. The first-order valence-corrected chi connectivity index (χ1v) is 12.9. The number of hydrogen-bond acceptors (Lipinski definition) is 5. The summed E-state index contributed by atoms with van der Waals surface area (Å²) < 4.78 is 28.1. The molecule has 164 valence electrons. The SMILES string of the molecule is CCN(CC(=O)Nc1ccccc1S(=O)(=O)N(C)C1CCCCC1)Cc1cccs1. The van der Waals surface area contributed by atoms with Crippen molar-refractivity contribution in [3.05, 3.63) is 46.7 Å². The third-order valence-corrected chi connectivity index (χ3v) is 8.51. The molecule has 0 bridgehead atoms. The lowest BCUT2D eigenvalue weighted by atomic mass is 9.96. The van der Waals surface area contributed by atoms with Crippen LogP contribution in [0.15, 0.2) is 46.7 Å². The van der Waals surface area contributed by atoms with Crippen molar-refractivity contribution >= 4 is 33.0 Å². The van der Waals surface area contributed by atoms with Gasteiger partial charge in [-0.3, -0.25) is 9.69 Å². The zero-order valence-electron chi connectivity index (χ0n) is 17.7. The molecule has 0 spiro atoms. The van der Waals surface area contributed by atoms with E-state index in [4.69, 9.17) is 0 Å². The molecule has 8 heteroatoms. The smallest absolute Gasteiger partial charge is 0.245 e. The van der Waals surface area contributed by atoms with E-state index in [-0.39, 0.29) is 23.4 Å². The van der Waals surface area contributed by atoms with Crippen molar-refractivity contribution in [2.24, 2.45) is 0 Å². The monoisotopic (exact) mass is 449 g/mol. The summed E-state index contributed by atoms with van der Waals surface area (Å²) in [7, 11) is -2.03. The molecule has 2 aromatic rings. The van der Waals surface area contributed by atoms with E-state index < -0.39 is 10.0 Å². The van der Waals surface area contributed by atoms with Gasteiger partial charge in [-0.2, -0.15) is 4.31 Å². The topological polar surface area (TPSA) is 69.7 Å². The number of thiophene rings is 1. The van der Waals surface area contributed by atoms with Crippen LogP contribution < -0.4 is 5.32 Å². The molecule has 1 N–H and O–H groups in total. The average Bonchev–Trinajstić information content (AvgIpc) is 3.26. The largest absolute Gasteiger partial charge is 0.324 e. The fourth-order valence-corrected chi connectivity index (χ4v) is 6.19. The minimum atomic E-state index is -3.68. The van der Waals surface area contributed by atoms with Crippen LogP contribution in [0.2, 0.25) is 0 Å². The number of anilines is 1. The normalized spacial score (nSPS) is 15.6. The molecular weight excluding hydrogens is 418 g/mol. The lowest BCUT2D eigenvalue weighted by Gasteiger charge is -2.31. The van der Waals surface area contributed by atoms with Gasteiger partial charge in [-0.1, -0.05) is 44.4 Å². The zero-order chi connectivity index (χ0) is 21.6. The summed E-state index contributed by atoms with van der Waals surface area (Å²) in [5, 5.41) is 4.86. The molecule has 3 rings (SSSR count). The highest BCUT2D eigenvalue weighted by atomic mass is 32.2. The van der Waals surface area contributed by atoms with E-state index in [0.29, 0.717) is 12.2 Å². The first-order valence-electron chi connectivity index (χ1n) is 10.5. The number of hydrogen-bond donors (Lipinski definition) is 1. The van der Waals surface area contributed by atoms with E-state index in [1.165, 1.54) is 9.18 Å². The van der Waals surface area contributed by atoms with E-state index in [1.807, 2.05) is 29.3 Å². The maximum Gasteiger partial charge on any atom is 0.245 e. The van der Waals surface area contributed by atoms with Crippen LogP contribution in [-0.4, -0.2) is 49.7 Å². The van der Waals surface area contributed by atoms with Crippen LogP contribution in [0.5, 0.6) is 0 Å². The van der Waals surface area contributed by atoms with Gasteiger partial charge in [-0.25, -0.2) is 8.42 Å². The van der Waals surface area contributed by atoms with Crippen LogP contribution in [0.1, 0.15) is 43.9 Å². The quantitative estimate of drug-likeness (QED) is 0.624. The van der Waals surface area contributed by atoms with E-state index >= 15 is 0 Å². The molecule has 1 aromatic carbocycles. The van der Waals surface area contributed by atoms with Crippen LogP contribution in [0.25, 0.3) is 0 Å². The van der Waals surface area contributed by atoms with Gasteiger partial charge in [0.05, 0.1) is 12.2 Å². The molecule has 1 amide bonds. The second-order valence-corrected chi connectivity index (χ2v) is 10.7. The Morgan fingerprint density at radius 3 is 2.53 bits per heavy atom. The number of amides is 1. The summed E-state index contributed by atoms with van der Waals surface area (Å²) in [6, 6.07) is 10.8. The number of para-hydroxylation sites is 1. The maximum atomic E-state index is 13.3. The van der Waals surface area contributed by atoms with Crippen molar-refractivity contribution < 1.29 is 13.2 Å². The second-order valence-electron chi connectivity index (χ2n) is 7.74. The summed E-state index contributed by atoms with van der Waals surface area (Å²) in [6.45, 7) is 3.65. The maximum absolute atomic E-state index is 13.3. The molecule has 1 aliphatic carbocycles. The Bertz CT molecular complexity index is 923. The molecule has 0 atom stereocenters. The average molecular weight is 450 g/mol. The molecule has 0 aliphatic heterocycles. The fourth-order valence-electron chi connectivity index (χ4n) is 3.89. The molecule has 30 heavy (non-hydrogen) atoms. The van der Waals surface area contributed by atoms with Crippen LogP contribution in [0, 0.1) is 0 Å². The van der Waals surface area contributed by atoms with Gasteiger partial charge in [-0.15, -0.1) is 11.3 Å². The van der Waals surface area contributed by atoms with Crippen molar-refractivity contribution in [3.8, 4) is 0 Å². The Kier molecular flexibility index (Phi) is 8.05. The number of nitrogens with one attached hydrogen (secondary N) is 1. The Balaban J connectivity index is 1.71. The standard InChI is InChI=1S/C22H31N3O3S2/c1-3-25(16-19-12-9-15-29-19)17-22(26)23-20-13-7-8-14-21(20)30(27,28)24(2)18-10-5-4-6-11-18/h7-9,12-15,18H,3-6,10-11,16-17H2,1-2H3,(H,23,26). The summed E-state index contributed by atoms with van der Waals surface area (Å²) in [6.07, 6.45) is 5.05. The van der Waals surface area contributed by atoms with Gasteiger partial charge in [0, 0.05) is 24.5 Å². The minimum absolute atomic E-state index is 0.0221. The fraction of sp³-hybridized carbons (Fsp3) is 0.500. The highest BCUT2D eigenvalue weighted by Gasteiger charge is 2.31. The molecule has 0 unspecified atom stereocenters. The molecule has 6 nitrogen and oxygen atoms in total. The highest BCUT2D eigenvalue weighted by molar-refractivity contribution is 7.89. The Morgan fingerprint density at radius 1 is 1.13 bits per heavy atom. The van der Waals surface area contributed by atoms with Gasteiger partial charge in [0.2, 0.25) is 15.9 Å². The number of carbonyl (C=O) groups excluding carboxylic acids is 1. The summed E-state index contributed by atoms with van der Waals surface area (Å²) in [4.78, 5) is 16.1. The van der Waals surface area contributed by atoms with Crippen molar-refractivity contribution in [1.82, 2.24) is 9.21 Å². The van der Waals surface area contributed by atoms with E-state index in [2.05, 4.69) is 5.32 Å². The second kappa shape index (κ2) is 10.5. The van der Waals surface area contributed by atoms with Crippen LogP contribution in [0.4, 0.5) is 5.69 Å². The Hall–Kier alpha value is -1.74. The molecule has 1 fully saturated rings. The Labute approximate surface area is 183 Å². The zero-order valence-corrected chi connectivity index (χ0v) is 19.3. The third kappa shape index (κ3) is 5.69. The van der Waals surface area contributed by atoms with Gasteiger partial charge in [0.15, 0.2) is 0 Å². The van der Waals surface area contributed by atoms with Crippen LogP contribution in [-0.2, 0) is 21.4 Å². The van der Waals surface area contributed by atoms with Gasteiger partial charge >= 0.3 is 0 Å². The van der Waals surface area contributed by atoms with Crippen molar-refractivity contribution in [3.63, 3.8) is 0 Å². The first-order chi connectivity index (χ1) is 14.4. The number of benzene rings is 1. The van der Waals surface area contributed by atoms with Crippen molar-refractivity contribution in [2.45, 2.75) is 56.5 Å². The van der Waals surface area contributed by atoms with Gasteiger partial charge in [0.1, 0.15) is 4.90 Å². The van der Waals surface area contributed by atoms with Crippen molar-refractivity contribution in [1.29, 1.82) is 0 Å². The predicted molar refractivity (Wildman–Crippen MR) is 122 cm³/mol. The van der Waals surface area contributed by atoms with E-state index in [0.717, 1.165) is 38.6 Å². The van der Waals surface area contributed by atoms with Crippen LogP contribution in [0.3, 0.4) is 0 Å². The summed E-state index contributed by atoms with van der Waals surface area (Å²) in [5.74, 6) is -0.212. The third-order valence-electron chi connectivity index (χ3n) is 5.68. The van der Waals surface area contributed by atoms with Gasteiger partial charge < -0.3 is 5.32 Å². The number of likely N-dealkylation sites (N-methyl/N-ethyl adjacent to an activating group) is 1. The number of carbonyl (C=O) groups is 1. The predicted octanol–water partition coefficient (Wildman–Crippen LogP) is 4.16. The van der Waals surface area contributed by atoms with E-state index in [1.54, 1.807) is 42.6 Å². The molecule has 1 aliphatic rings. The highest BCUT2D eigenvalue weighted by Crippen LogP contribution is 2.29. The molecular formula is C22H31N3O3S2. The van der Waals surface area contributed by atoms with Crippen LogP contribution >= 0.6 is 11.3 Å².